The van der Waals surface area contributed by atoms with E-state index in [0.29, 0.717) is 0 Å². The fourth-order valence-corrected chi connectivity index (χ4v) is 4.74. The average Bonchev–Trinajstić information content (AvgIpc) is 2.49. The van der Waals surface area contributed by atoms with Gasteiger partial charge in [-0.05, 0) is 31.1 Å². The zero-order valence-electron chi connectivity index (χ0n) is 11.8. The summed E-state index contributed by atoms with van der Waals surface area (Å²) in [5.74, 6) is 0. The van der Waals surface area contributed by atoms with Gasteiger partial charge in [-0.25, -0.2) is 0 Å². The van der Waals surface area contributed by atoms with Crippen molar-refractivity contribution in [3.05, 3.63) is 60.7 Å². The zero-order chi connectivity index (χ0) is 13.3. The maximum absolute atomic E-state index is 2.29. The minimum atomic E-state index is -0.167. The van der Waals surface area contributed by atoms with E-state index in [1.165, 1.54) is 42.5 Å². The van der Waals surface area contributed by atoms with Crippen molar-refractivity contribution in [1.29, 1.82) is 0 Å². The van der Waals surface area contributed by atoms with Gasteiger partial charge >= 0.3 is 0 Å². The van der Waals surface area contributed by atoms with Crippen LogP contribution < -0.4 is 10.6 Å². The summed E-state index contributed by atoms with van der Waals surface area (Å²) in [5, 5.41) is 3.03. The second-order valence-electron chi connectivity index (χ2n) is 4.88. The highest BCUT2D eigenvalue weighted by Gasteiger charge is 2.12. The first-order valence-electron chi connectivity index (χ1n) is 7.29. The highest BCUT2D eigenvalue weighted by atomic mass is 31.1. The second kappa shape index (κ2) is 8.12. The molecule has 0 radical (unpaired) electrons. The molecule has 2 aromatic carbocycles. The van der Waals surface area contributed by atoms with Gasteiger partial charge in [-0.15, -0.1) is 0 Å². The molecule has 0 spiro atoms. The Hall–Kier alpha value is -1.13. The minimum Gasteiger partial charge on any atom is -0.0654 e. The molecule has 19 heavy (non-hydrogen) atoms. The van der Waals surface area contributed by atoms with Crippen molar-refractivity contribution < 1.29 is 0 Å². The van der Waals surface area contributed by atoms with E-state index < -0.39 is 0 Å². The van der Waals surface area contributed by atoms with Crippen LogP contribution >= 0.6 is 7.92 Å². The fraction of sp³-hybridized carbons (Fsp3) is 0.333. The molecule has 0 heterocycles. The normalized spacial score (nSPS) is 10.8. The van der Waals surface area contributed by atoms with Crippen LogP contribution in [0.5, 0.6) is 0 Å². The molecule has 0 saturated heterocycles. The largest absolute Gasteiger partial charge is 0.0654 e. The van der Waals surface area contributed by atoms with Gasteiger partial charge in [0.1, 0.15) is 0 Å². The van der Waals surface area contributed by atoms with Crippen LogP contribution in [0.3, 0.4) is 0 Å². The standard InChI is InChI=1S/C18H23P/c1-2-3-4-11-16-19(17-12-7-5-8-13-17)18-14-9-6-10-15-18/h5-10,12-15H,2-4,11,16H2,1H3. The molecule has 0 fully saturated rings. The third-order valence-corrected chi connectivity index (χ3v) is 5.98. The van der Waals surface area contributed by atoms with Crippen molar-refractivity contribution in [2.45, 2.75) is 32.6 Å². The highest BCUT2D eigenvalue weighted by Crippen LogP contribution is 2.34. The monoisotopic (exact) mass is 270 g/mol. The van der Waals surface area contributed by atoms with Crippen molar-refractivity contribution in [2.24, 2.45) is 0 Å². The SMILES string of the molecule is CCCCCCP(c1ccccc1)c1ccccc1. The van der Waals surface area contributed by atoms with E-state index in [0.717, 1.165) is 0 Å². The Labute approximate surface area is 118 Å². The lowest BCUT2D eigenvalue weighted by atomic mass is 10.2. The van der Waals surface area contributed by atoms with Gasteiger partial charge in [0, 0.05) is 0 Å². The van der Waals surface area contributed by atoms with Gasteiger partial charge in [0.2, 0.25) is 0 Å². The van der Waals surface area contributed by atoms with Crippen LogP contribution in [0.4, 0.5) is 0 Å². The van der Waals surface area contributed by atoms with Gasteiger partial charge in [0.05, 0.1) is 0 Å². The molecule has 2 rings (SSSR count). The predicted molar refractivity (Wildman–Crippen MR) is 88.1 cm³/mol. The van der Waals surface area contributed by atoms with Gasteiger partial charge in [-0.1, -0.05) is 86.8 Å². The van der Waals surface area contributed by atoms with E-state index in [1.807, 2.05) is 0 Å². The van der Waals surface area contributed by atoms with E-state index in [1.54, 1.807) is 0 Å². The van der Waals surface area contributed by atoms with Crippen LogP contribution in [0.15, 0.2) is 60.7 Å². The van der Waals surface area contributed by atoms with E-state index >= 15 is 0 Å². The number of rotatable bonds is 7. The smallest absolute Gasteiger partial charge is 0.0195 e. The van der Waals surface area contributed by atoms with E-state index in [9.17, 15) is 0 Å². The van der Waals surface area contributed by atoms with Crippen molar-refractivity contribution in [2.75, 3.05) is 6.16 Å². The minimum absolute atomic E-state index is 0.167. The Morgan fingerprint density at radius 3 is 1.68 bits per heavy atom. The van der Waals surface area contributed by atoms with Crippen LogP contribution in [0.25, 0.3) is 0 Å². The second-order valence-corrected chi connectivity index (χ2v) is 7.22. The summed E-state index contributed by atoms with van der Waals surface area (Å²) in [6.45, 7) is 2.28. The maximum Gasteiger partial charge on any atom is -0.0195 e. The third kappa shape index (κ3) is 4.48. The van der Waals surface area contributed by atoms with Crippen LogP contribution in [-0.2, 0) is 0 Å². The molecule has 0 atom stereocenters. The Morgan fingerprint density at radius 2 is 1.21 bits per heavy atom. The quantitative estimate of drug-likeness (QED) is 0.505. The van der Waals surface area contributed by atoms with Crippen molar-refractivity contribution in [1.82, 2.24) is 0 Å². The first-order chi connectivity index (χ1) is 9.42. The molecule has 100 valence electrons. The van der Waals surface area contributed by atoms with Gasteiger partial charge < -0.3 is 0 Å². The molecule has 1 heteroatoms. The molecule has 2 aromatic rings. The maximum atomic E-state index is 2.29. The molecule has 0 aliphatic rings. The number of hydrogen-bond donors (Lipinski definition) is 0. The summed E-state index contributed by atoms with van der Waals surface area (Å²) < 4.78 is 0. The first kappa shape index (κ1) is 14.3. The third-order valence-electron chi connectivity index (χ3n) is 3.37. The molecular formula is C18H23P. The van der Waals surface area contributed by atoms with E-state index in [4.69, 9.17) is 0 Å². The lowest BCUT2D eigenvalue weighted by Crippen LogP contribution is -2.13. The molecule has 0 saturated carbocycles. The van der Waals surface area contributed by atoms with Crippen LogP contribution in [0.2, 0.25) is 0 Å². The fourth-order valence-electron chi connectivity index (χ4n) is 2.32. The van der Waals surface area contributed by atoms with Crippen LogP contribution in [0.1, 0.15) is 32.6 Å². The lowest BCUT2D eigenvalue weighted by Gasteiger charge is -2.18. The Balaban J connectivity index is 2.10. The Bertz CT molecular complexity index is 410. The summed E-state index contributed by atoms with van der Waals surface area (Å²) >= 11 is 0. The summed E-state index contributed by atoms with van der Waals surface area (Å²) in [6, 6.07) is 22.0. The molecule has 0 aliphatic carbocycles. The lowest BCUT2D eigenvalue weighted by molar-refractivity contribution is 0.705. The molecule has 0 unspecified atom stereocenters. The molecular weight excluding hydrogens is 247 g/mol. The van der Waals surface area contributed by atoms with E-state index in [2.05, 4.69) is 67.6 Å². The zero-order valence-corrected chi connectivity index (χ0v) is 12.7. The van der Waals surface area contributed by atoms with Crippen molar-refractivity contribution >= 4 is 18.5 Å². The molecule has 0 nitrogen and oxygen atoms in total. The molecule has 0 aliphatic heterocycles. The van der Waals surface area contributed by atoms with Gasteiger partial charge in [0.15, 0.2) is 0 Å². The summed E-state index contributed by atoms with van der Waals surface area (Å²) in [5.41, 5.74) is 0. The number of hydrogen-bond acceptors (Lipinski definition) is 0. The van der Waals surface area contributed by atoms with Crippen molar-refractivity contribution in [3.63, 3.8) is 0 Å². The predicted octanol–water partition coefficient (Wildman–Crippen LogP) is 4.70. The molecule has 0 N–H and O–H groups in total. The summed E-state index contributed by atoms with van der Waals surface area (Å²) in [4.78, 5) is 0. The number of benzene rings is 2. The average molecular weight is 270 g/mol. The molecule has 0 amide bonds. The van der Waals surface area contributed by atoms with Crippen LogP contribution in [0, 0.1) is 0 Å². The Kier molecular flexibility index (Phi) is 6.11. The summed E-state index contributed by atoms with van der Waals surface area (Å²) in [6.07, 6.45) is 6.73. The van der Waals surface area contributed by atoms with Gasteiger partial charge in [-0.2, -0.15) is 0 Å². The Morgan fingerprint density at radius 1 is 0.684 bits per heavy atom. The van der Waals surface area contributed by atoms with E-state index in [-0.39, 0.29) is 7.92 Å². The molecule has 0 bridgehead atoms. The topological polar surface area (TPSA) is 0 Å². The molecule has 0 aromatic heterocycles. The summed E-state index contributed by atoms with van der Waals surface area (Å²) in [7, 11) is -0.167. The number of unbranched alkanes of at least 4 members (excludes halogenated alkanes) is 3. The van der Waals surface area contributed by atoms with Gasteiger partial charge in [-0.3, -0.25) is 0 Å². The first-order valence-corrected chi connectivity index (χ1v) is 8.82. The highest BCUT2D eigenvalue weighted by molar-refractivity contribution is 7.73. The van der Waals surface area contributed by atoms with Crippen LogP contribution in [-0.4, -0.2) is 6.16 Å². The van der Waals surface area contributed by atoms with Crippen molar-refractivity contribution in [3.8, 4) is 0 Å². The van der Waals surface area contributed by atoms with Gasteiger partial charge in [0.25, 0.3) is 0 Å².